The summed E-state index contributed by atoms with van der Waals surface area (Å²) in [6.45, 7) is 0. The van der Waals surface area contributed by atoms with E-state index in [0.717, 1.165) is 88.4 Å². The molecule has 0 spiro atoms. The molecule has 0 N–H and O–H groups in total. The molecule has 0 aliphatic heterocycles. The Balaban J connectivity index is 1.18. The summed E-state index contributed by atoms with van der Waals surface area (Å²) in [6, 6.07) is 67.4. The summed E-state index contributed by atoms with van der Waals surface area (Å²) in [6.07, 6.45) is 0. The van der Waals surface area contributed by atoms with Gasteiger partial charge in [0.2, 0.25) is 0 Å². The fourth-order valence-electron chi connectivity index (χ4n) is 8.03. The van der Waals surface area contributed by atoms with Gasteiger partial charge in [-0.05, 0) is 41.0 Å². The van der Waals surface area contributed by atoms with Crippen LogP contribution in [0.5, 0.6) is 0 Å². The van der Waals surface area contributed by atoms with Gasteiger partial charge >= 0.3 is 0 Å². The smallest absolute Gasteiger partial charge is 0.166 e. The minimum absolute atomic E-state index is 0.591. The molecule has 56 heavy (non-hydrogen) atoms. The Morgan fingerprint density at radius 3 is 1.62 bits per heavy atom. The molecule has 262 valence electrons. The van der Waals surface area contributed by atoms with Crippen molar-refractivity contribution >= 4 is 43.7 Å². The number of hydrogen-bond donors (Lipinski definition) is 0. The van der Waals surface area contributed by atoms with Crippen LogP contribution in [0, 0.1) is 0 Å². The molecular weight excluding hydrogens is 685 g/mol. The Morgan fingerprint density at radius 2 is 0.875 bits per heavy atom. The lowest BCUT2D eigenvalue weighted by Crippen LogP contribution is -2.04. The van der Waals surface area contributed by atoms with E-state index in [1.807, 2.05) is 48.5 Å². The van der Waals surface area contributed by atoms with Crippen LogP contribution in [0.25, 0.3) is 106 Å². The maximum Gasteiger partial charge on any atom is 0.166 e. The first-order valence-electron chi connectivity index (χ1n) is 18.8. The first-order valence-corrected chi connectivity index (χ1v) is 18.8. The maximum atomic E-state index is 6.50. The normalized spacial score (nSPS) is 11.6. The van der Waals surface area contributed by atoms with Crippen molar-refractivity contribution in [3.63, 3.8) is 0 Å². The average molecular weight is 717 g/mol. The van der Waals surface area contributed by atoms with Crippen molar-refractivity contribution in [3.8, 4) is 62.1 Å². The molecule has 0 saturated heterocycles. The summed E-state index contributed by atoms with van der Waals surface area (Å²) in [7, 11) is 0. The van der Waals surface area contributed by atoms with Crippen molar-refractivity contribution in [1.82, 2.24) is 19.5 Å². The topological polar surface area (TPSA) is 56.7 Å². The molecule has 0 atom stereocenters. The lowest BCUT2D eigenvalue weighted by atomic mass is 10.0. The Labute approximate surface area is 322 Å². The highest BCUT2D eigenvalue weighted by Crippen LogP contribution is 2.43. The van der Waals surface area contributed by atoms with Crippen LogP contribution in [0.4, 0.5) is 0 Å². The molecule has 11 aromatic rings. The number of furan rings is 1. The van der Waals surface area contributed by atoms with Gasteiger partial charge in [-0.3, -0.25) is 0 Å². The van der Waals surface area contributed by atoms with Crippen LogP contribution in [0.3, 0.4) is 0 Å². The van der Waals surface area contributed by atoms with Crippen LogP contribution < -0.4 is 0 Å². The summed E-state index contributed by atoms with van der Waals surface area (Å²) < 4.78 is 8.87. The van der Waals surface area contributed by atoms with Gasteiger partial charge in [-0.1, -0.05) is 164 Å². The highest BCUT2D eigenvalue weighted by molar-refractivity contribution is 6.19. The molecular formula is C51H32N4O. The van der Waals surface area contributed by atoms with Gasteiger partial charge in [0.25, 0.3) is 0 Å². The number of aromatic nitrogens is 4. The molecule has 11 rings (SSSR count). The molecule has 5 heteroatoms. The minimum Gasteiger partial charge on any atom is -0.456 e. The zero-order valence-electron chi connectivity index (χ0n) is 30.2. The SMILES string of the molecule is c1ccc(-c2ccc(-c3nc(-c4ccccc4)nc(-c4ccccc4-n4c5cc6oc7ccccc7c6cc5c5cccc(-c6ccccc6)c54)n3)cc2)cc1. The Hall–Kier alpha value is -7.63. The standard InChI is InChI=1S/C51H32N4O/c1-4-15-33(16-5-1)34-27-29-37(30-28-34)50-52-49(36-19-8-3-9-20-36)53-51(54-50)41-22-10-12-25-44(41)55-45-32-47-43(39-21-11-13-26-46(39)56-47)31-42(45)40-24-14-23-38(48(40)55)35-17-6-2-7-18-35/h1-32H. The second kappa shape index (κ2) is 13.0. The summed E-state index contributed by atoms with van der Waals surface area (Å²) in [5.74, 6) is 1.82. The van der Waals surface area contributed by atoms with Gasteiger partial charge in [0.05, 0.1) is 16.7 Å². The number of para-hydroxylation sites is 3. The van der Waals surface area contributed by atoms with Crippen LogP contribution in [0.15, 0.2) is 199 Å². The summed E-state index contributed by atoms with van der Waals surface area (Å²) >= 11 is 0. The zero-order chi connectivity index (χ0) is 37.0. The molecule has 0 saturated carbocycles. The van der Waals surface area contributed by atoms with Gasteiger partial charge in [0.15, 0.2) is 17.5 Å². The minimum atomic E-state index is 0.591. The van der Waals surface area contributed by atoms with Crippen molar-refractivity contribution in [3.05, 3.63) is 194 Å². The third-order valence-electron chi connectivity index (χ3n) is 10.7. The molecule has 3 heterocycles. The van der Waals surface area contributed by atoms with E-state index in [1.165, 1.54) is 0 Å². The number of nitrogens with zero attached hydrogens (tertiary/aromatic N) is 4. The Kier molecular flexibility index (Phi) is 7.42. The second-order valence-corrected chi connectivity index (χ2v) is 14.0. The largest absolute Gasteiger partial charge is 0.456 e. The lowest BCUT2D eigenvalue weighted by molar-refractivity contribution is 0.669. The predicted molar refractivity (Wildman–Crippen MR) is 229 cm³/mol. The predicted octanol–water partition coefficient (Wildman–Crippen LogP) is 13.2. The number of rotatable bonds is 6. The average Bonchev–Trinajstić information content (AvgIpc) is 3.81. The third-order valence-corrected chi connectivity index (χ3v) is 10.7. The monoisotopic (exact) mass is 716 g/mol. The van der Waals surface area contributed by atoms with Gasteiger partial charge in [0.1, 0.15) is 11.2 Å². The number of hydrogen-bond acceptors (Lipinski definition) is 4. The molecule has 0 radical (unpaired) electrons. The van der Waals surface area contributed by atoms with Crippen LogP contribution in [-0.4, -0.2) is 19.5 Å². The Bertz CT molecular complexity index is 3220. The quantitative estimate of drug-likeness (QED) is 0.172. The van der Waals surface area contributed by atoms with Gasteiger partial charge in [-0.2, -0.15) is 0 Å². The molecule has 0 aliphatic carbocycles. The van der Waals surface area contributed by atoms with Crippen LogP contribution >= 0.6 is 0 Å². The van der Waals surface area contributed by atoms with Gasteiger partial charge in [-0.25, -0.2) is 15.0 Å². The van der Waals surface area contributed by atoms with E-state index >= 15 is 0 Å². The van der Waals surface area contributed by atoms with Crippen molar-refractivity contribution in [2.45, 2.75) is 0 Å². The lowest BCUT2D eigenvalue weighted by Gasteiger charge is -2.16. The van der Waals surface area contributed by atoms with E-state index in [1.54, 1.807) is 0 Å². The van der Waals surface area contributed by atoms with E-state index in [2.05, 4.69) is 150 Å². The molecule has 0 amide bonds. The Morgan fingerprint density at radius 1 is 0.339 bits per heavy atom. The molecule has 8 aromatic carbocycles. The van der Waals surface area contributed by atoms with Crippen LogP contribution in [0.2, 0.25) is 0 Å². The molecule has 3 aromatic heterocycles. The van der Waals surface area contributed by atoms with Crippen molar-refractivity contribution in [2.75, 3.05) is 0 Å². The molecule has 0 unspecified atom stereocenters. The highest BCUT2D eigenvalue weighted by atomic mass is 16.3. The van der Waals surface area contributed by atoms with Gasteiger partial charge in [-0.15, -0.1) is 0 Å². The molecule has 0 aliphatic rings. The summed E-state index contributed by atoms with van der Waals surface area (Å²) in [5, 5.41) is 4.50. The van der Waals surface area contributed by atoms with Gasteiger partial charge < -0.3 is 8.98 Å². The van der Waals surface area contributed by atoms with E-state index in [9.17, 15) is 0 Å². The summed E-state index contributed by atoms with van der Waals surface area (Å²) in [5.41, 5.74) is 12.1. The van der Waals surface area contributed by atoms with Gasteiger partial charge in [0, 0.05) is 49.9 Å². The fourth-order valence-corrected chi connectivity index (χ4v) is 8.03. The van der Waals surface area contributed by atoms with Crippen LogP contribution in [-0.2, 0) is 0 Å². The van der Waals surface area contributed by atoms with E-state index < -0.39 is 0 Å². The van der Waals surface area contributed by atoms with E-state index in [4.69, 9.17) is 19.4 Å². The third kappa shape index (κ3) is 5.29. The van der Waals surface area contributed by atoms with Crippen molar-refractivity contribution in [1.29, 1.82) is 0 Å². The van der Waals surface area contributed by atoms with E-state index in [-0.39, 0.29) is 0 Å². The molecule has 0 fully saturated rings. The maximum absolute atomic E-state index is 6.50. The van der Waals surface area contributed by atoms with E-state index in [0.29, 0.717) is 17.5 Å². The van der Waals surface area contributed by atoms with Crippen LogP contribution in [0.1, 0.15) is 0 Å². The fraction of sp³-hybridized carbons (Fsp3) is 0. The van der Waals surface area contributed by atoms with Crippen molar-refractivity contribution < 1.29 is 4.42 Å². The van der Waals surface area contributed by atoms with Crippen molar-refractivity contribution in [2.24, 2.45) is 0 Å². The number of benzene rings is 8. The highest BCUT2D eigenvalue weighted by Gasteiger charge is 2.22. The number of fused-ring (bicyclic) bond motifs is 6. The second-order valence-electron chi connectivity index (χ2n) is 14.0. The molecule has 0 bridgehead atoms. The first kappa shape index (κ1) is 31.9. The summed E-state index contributed by atoms with van der Waals surface area (Å²) in [4.78, 5) is 15.5. The molecule has 5 nitrogen and oxygen atoms in total. The first-order chi connectivity index (χ1) is 27.8. The zero-order valence-corrected chi connectivity index (χ0v) is 30.2.